The van der Waals surface area contributed by atoms with Crippen LogP contribution in [0.1, 0.15) is 44.1 Å². The largest absolute Gasteiger partial charge is 0.376 e. The zero-order chi connectivity index (χ0) is 13.5. The standard InChI is InChI=1S/C16H23NO2/c1-2-7-15(13-8-4-3-5-9-13)16(18)17-12-14-10-6-11-19-14/h3-5,8-9,14-15H,2,6-7,10-12H2,1H3,(H,17,18). The van der Waals surface area contributed by atoms with Crippen molar-refractivity contribution < 1.29 is 9.53 Å². The van der Waals surface area contributed by atoms with Crippen LogP contribution in [0, 0.1) is 0 Å². The fourth-order valence-corrected chi connectivity index (χ4v) is 2.57. The van der Waals surface area contributed by atoms with Gasteiger partial charge in [0.05, 0.1) is 12.0 Å². The summed E-state index contributed by atoms with van der Waals surface area (Å²) in [6.07, 6.45) is 4.28. The van der Waals surface area contributed by atoms with Gasteiger partial charge in [0, 0.05) is 13.2 Å². The maximum absolute atomic E-state index is 12.3. The van der Waals surface area contributed by atoms with Crippen molar-refractivity contribution >= 4 is 5.91 Å². The molecule has 2 atom stereocenters. The van der Waals surface area contributed by atoms with Gasteiger partial charge >= 0.3 is 0 Å². The van der Waals surface area contributed by atoms with Crippen molar-refractivity contribution in [2.24, 2.45) is 0 Å². The number of benzene rings is 1. The van der Waals surface area contributed by atoms with Gasteiger partial charge in [0.15, 0.2) is 0 Å². The highest BCUT2D eigenvalue weighted by molar-refractivity contribution is 5.83. The van der Waals surface area contributed by atoms with Gasteiger partial charge in [-0.15, -0.1) is 0 Å². The van der Waals surface area contributed by atoms with Crippen molar-refractivity contribution in [3.05, 3.63) is 35.9 Å². The molecule has 1 aromatic carbocycles. The average Bonchev–Trinajstić information content (AvgIpc) is 2.96. The monoisotopic (exact) mass is 261 g/mol. The minimum Gasteiger partial charge on any atom is -0.376 e. The second-order valence-corrected chi connectivity index (χ2v) is 5.13. The summed E-state index contributed by atoms with van der Waals surface area (Å²) in [5, 5.41) is 3.04. The van der Waals surface area contributed by atoms with Crippen LogP contribution in [0.5, 0.6) is 0 Å². The van der Waals surface area contributed by atoms with Crippen molar-refractivity contribution in [1.29, 1.82) is 0 Å². The van der Waals surface area contributed by atoms with Crippen LogP contribution in [0.3, 0.4) is 0 Å². The molecule has 1 amide bonds. The molecule has 2 unspecified atom stereocenters. The number of hydrogen-bond donors (Lipinski definition) is 1. The van der Waals surface area contributed by atoms with Crippen LogP contribution in [-0.2, 0) is 9.53 Å². The Morgan fingerprint density at radius 3 is 2.84 bits per heavy atom. The third kappa shape index (κ3) is 4.06. The number of carbonyl (C=O) groups is 1. The van der Waals surface area contributed by atoms with E-state index in [9.17, 15) is 4.79 Å². The molecular formula is C16H23NO2. The molecule has 1 heterocycles. The van der Waals surface area contributed by atoms with Crippen molar-refractivity contribution in [1.82, 2.24) is 5.32 Å². The normalized spacial score (nSPS) is 20.2. The third-order valence-corrected chi connectivity index (χ3v) is 3.62. The highest BCUT2D eigenvalue weighted by atomic mass is 16.5. The molecule has 1 fully saturated rings. The molecule has 0 spiro atoms. The molecule has 3 nitrogen and oxygen atoms in total. The summed E-state index contributed by atoms with van der Waals surface area (Å²) in [6.45, 7) is 3.59. The van der Waals surface area contributed by atoms with Gasteiger partial charge in [-0.1, -0.05) is 43.7 Å². The molecule has 0 aliphatic carbocycles. The topological polar surface area (TPSA) is 38.3 Å². The fourth-order valence-electron chi connectivity index (χ4n) is 2.57. The molecule has 1 aromatic rings. The van der Waals surface area contributed by atoms with Gasteiger partial charge in [0.1, 0.15) is 0 Å². The molecule has 3 heteroatoms. The Morgan fingerprint density at radius 1 is 1.42 bits per heavy atom. The highest BCUT2D eigenvalue weighted by Gasteiger charge is 2.21. The molecule has 1 aliphatic heterocycles. The summed E-state index contributed by atoms with van der Waals surface area (Å²) in [4.78, 5) is 12.3. The average molecular weight is 261 g/mol. The molecule has 1 aliphatic rings. The van der Waals surface area contributed by atoms with E-state index in [0.29, 0.717) is 6.54 Å². The van der Waals surface area contributed by atoms with Crippen LogP contribution in [-0.4, -0.2) is 25.2 Å². The lowest BCUT2D eigenvalue weighted by molar-refractivity contribution is -0.123. The molecule has 1 saturated heterocycles. The van der Waals surface area contributed by atoms with Crippen molar-refractivity contribution in [2.45, 2.75) is 44.6 Å². The van der Waals surface area contributed by atoms with E-state index < -0.39 is 0 Å². The van der Waals surface area contributed by atoms with Gasteiger partial charge in [-0.25, -0.2) is 0 Å². The number of nitrogens with one attached hydrogen (secondary N) is 1. The molecule has 104 valence electrons. The molecule has 0 radical (unpaired) electrons. The molecular weight excluding hydrogens is 238 g/mol. The van der Waals surface area contributed by atoms with E-state index in [1.165, 1.54) is 0 Å². The Morgan fingerprint density at radius 2 is 2.21 bits per heavy atom. The van der Waals surface area contributed by atoms with Crippen molar-refractivity contribution in [3.63, 3.8) is 0 Å². The summed E-state index contributed by atoms with van der Waals surface area (Å²) in [5.74, 6) is 0.0937. The second kappa shape index (κ2) is 7.29. The third-order valence-electron chi connectivity index (χ3n) is 3.62. The minimum absolute atomic E-state index is 0.0346. The van der Waals surface area contributed by atoms with E-state index in [1.54, 1.807) is 0 Å². The first-order valence-corrected chi connectivity index (χ1v) is 7.25. The van der Waals surface area contributed by atoms with E-state index in [-0.39, 0.29) is 17.9 Å². The van der Waals surface area contributed by atoms with Crippen LogP contribution in [0.25, 0.3) is 0 Å². The zero-order valence-electron chi connectivity index (χ0n) is 11.6. The zero-order valence-corrected chi connectivity index (χ0v) is 11.6. The lowest BCUT2D eigenvalue weighted by atomic mass is 9.93. The Bertz CT molecular complexity index is 385. The van der Waals surface area contributed by atoms with Crippen LogP contribution in [0.4, 0.5) is 0 Å². The Kier molecular flexibility index (Phi) is 5.40. The molecule has 19 heavy (non-hydrogen) atoms. The lowest BCUT2D eigenvalue weighted by Gasteiger charge is -2.18. The van der Waals surface area contributed by atoms with E-state index in [1.807, 2.05) is 30.3 Å². The van der Waals surface area contributed by atoms with Crippen LogP contribution in [0.15, 0.2) is 30.3 Å². The maximum atomic E-state index is 12.3. The lowest BCUT2D eigenvalue weighted by Crippen LogP contribution is -2.35. The van der Waals surface area contributed by atoms with E-state index >= 15 is 0 Å². The van der Waals surface area contributed by atoms with Crippen molar-refractivity contribution in [3.8, 4) is 0 Å². The molecule has 2 rings (SSSR count). The molecule has 1 N–H and O–H groups in total. The predicted molar refractivity (Wildman–Crippen MR) is 76.1 cm³/mol. The Balaban J connectivity index is 1.92. The number of ether oxygens (including phenoxy) is 1. The van der Waals surface area contributed by atoms with Gasteiger partial charge in [0.2, 0.25) is 5.91 Å². The summed E-state index contributed by atoms with van der Waals surface area (Å²) in [7, 11) is 0. The number of amides is 1. The van der Waals surface area contributed by atoms with Crippen LogP contribution < -0.4 is 5.32 Å². The summed E-state index contributed by atoms with van der Waals surface area (Å²) in [5.41, 5.74) is 1.11. The first-order chi connectivity index (χ1) is 9.31. The van der Waals surface area contributed by atoms with Crippen molar-refractivity contribution in [2.75, 3.05) is 13.2 Å². The molecule has 0 aromatic heterocycles. The summed E-state index contributed by atoms with van der Waals surface area (Å²) >= 11 is 0. The summed E-state index contributed by atoms with van der Waals surface area (Å²) in [6, 6.07) is 10.0. The minimum atomic E-state index is -0.0346. The molecule has 0 bridgehead atoms. The first kappa shape index (κ1) is 14.1. The van der Waals surface area contributed by atoms with Gasteiger partial charge in [-0.2, -0.15) is 0 Å². The van der Waals surface area contributed by atoms with E-state index in [4.69, 9.17) is 4.74 Å². The number of hydrogen-bond acceptors (Lipinski definition) is 2. The summed E-state index contributed by atoms with van der Waals surface area (Å²) < 4.78 is 5.53. The van der Waals surface area contributed by atoms with Gasteiger partial charge in [-0.05, 0) is 24.8 Å². The number of carbonyl (C=O) groups excluding carboxylic acids is 1. The van der Waals surface area contributed by atoms with Crippen LogP contribution >= 0.6 is 0 Å². The molecule has 0 saturated carbocycles. The first-order valence-electron chi connectivity index (χ1n) is 7.25. The van der Waals surface area contributed by atoms with Gasteiger partial charge in [-0.3, -0.25) is 4.79 Å². The Labute approximate surface area is 115 Å². The van der Waals surface area contributed by atoms with E-state index in [2.05, 4.69) is 12.2 Å². The predicted octanol–water partition coefficient (Wildman–Crippen LogP) is 2.87. The quantitative estimate of drug-likeness (QED) is 0.855. The fraction of sp³-hybridized carbons (Fsp3) is 0.562. The number of rotatable bonds is 6. The van der Waals surface area contributed by atoms with Crippen LogP contribution in [0.2, 0.25) is 0 Å². The maximum Gasteiger partial charge on any atom is 0.227 e. The van der Waals surface area contributed by atoms with E-state index in [0.717, 1.165) is 37.9 Å². The SMILES string of the molecule is CCCC(C(=O)NCC1CCCO1)c1ccccc1. The van der Waals surface area contributed by atoms with Gasteiger partial charge < -0.3 is 10.1 Å². The smallest absolute Gasteiger partial charge is 0.227 e. The Hall–Kier alpha value is -1.35. The highest BCUT2D eigenvalue weighted by Crippen LogP contribution is 2.21. The van der Waals surface area contributed by atoms with Gasteiger partial charge in [0.25, 0.3) is 0 Å². The second-order valence-electron chi connectivity index (χ2n) is 5.13.